The van der Waals surface area contributed by atoms with Crippen molar-refractivity contribution in [3.05, 3.63) is 82.3 Å². The first-order valence-electron chi connectivity index (χ1n) is 7.79. The average molecular weight is 326 g/mol. The number of aryl methyl sites for hydroxylation is 1. The van der Waals surface area contributed by atoms with Crippen LogP contribution in [-0.4, -0.2) is 21.1 Å². The van der Waals surface area contributed by atoms with Crippen LogP contribution in [0.25, 0.3) is 0 Å². The maximum atomic E-state index is 10.5. The molecule has 0 bridgehead atoms. The summed E-state index contributed by atoms with van der Waals surface area (Å²) in [7, 11) is 2.03. The summed E-state index contributed by atoms with van der Waals surface area (Å²) in [6.45, 7) is 2.29. The number of aliphatic hydroxyl groups excluding tert-OH is 1. The lowest BCUT2D eigenvalue weighted by atomic mass is 10.1. The first kappa shape index (κ1) is 16.0. The third kappa shape index (κ3) is 4.55. The summed E-state index contributed by atoms with van der Waals surface area (Å²) in [5.74, 6) is 0. The van der Waals surface area contributed by atoms with Gasteiger partial charge in [-0.05, 0) is 28.6 Å². The van der Waals surface area contributed by atoms with Gasteiger partial charge in [-0.25, -0.2) is 0 Å². The molecule has 0 radical (unpaired) electrons. The maximum absolute atomic E-state index is 10.5. The maximum Gasteiger partial charge on any atom is 0.101 e. The van der Waals surface area contributed by atoms with Crippen LogP contribution in [-0.2, 0) is 20.1 Å². The standard InChI is InChI=1S/C19H22N2OS/c1-20-10-9-17(12-20)14-21(13-16-6-3-2-4-7-16)15-18(22)19-8-5-11-23-19/h2-12,18,22H,13-15H2,1H3. The molecule has 1 N–H and O–H groups in total. The van der Waals surface area contributed by atoms with Crippen molar-refractivity contribution < 1.29 is 5.11 Å². The van der Waals surface area contributed by atoms with E-state index in [1.807, 2.05) is 30.6 Å². The number of aliphatic hydroxyl groups is 1. The smallest absolute Gasteiger partial charge is 0.101 e. The molecule has 0 spiro atoms. The Hall–Kier alpha value is -1.88. The second kappa shape index (κ2) is 7.59. The van der Waals surface area contributed by atoms with E-state index in [0.717, 1.165) is 18.0 Å². The van der Waals surface area contributed by atoms with Gasteiger partial charge >= 0.3 is 0 Å². The van der Waals surface area contributed by atoms with Crippen molar-refractivity contribution in [1.29, 1.82) is 0 Å². The van der Waals surface area contributed by atoms with Gasteiger partial charge in [-0.3, -0.25) is 4.90 Å². The molecule has 1 atom stereocenters. The molecule has 4 heteroatoms. The molecular weight excluding hydrogens is 304 g/mol. The highest BCUT2D eigenvalue weighted by atomic mass is 32.1. The first-order chi connectivity index (χ1) is 11.2. The van der Waals surface area contributed by atoms with E-state index in [4.69, 9.17) is 0 Å². The predicted octanol–water partition coefficient (Wildman–Crippen LogP) is 3.82. The molecule has 3 aromatic rings. The number of hydrogen-bond donors (Lipinski definition) is 1. The van der Waals surface area contributed by atoms with Crippen LogP contribution in [0.3, 0.4) is 0 Å². The van der Waals surface area contributed by atoms with Crippen LogP contribution >= 0.6 is 11.3 Å². The molecule has 2 heterocycles. The summed E-state index contributed by atoms with van der Waals surface area (Å²) in [6.07, 6.45) is 3.75. The van der Waals surface area contributed by atoms with Gasteiger partial charge in [0, 0.05) is 44.0 Å². The van der Waals surface area contributed by atoms with Crippen LogP contribution in [0.2, 0.25) is 0 Å². The van der Waals surface area contributed by atoms with Crippen molar-refractivity contribution in [3.63, 3.8) is 0 Å². The molecule has 0 aliphatic rings. The van der Waals surface area contributed by atoms with Crippen molar-refractivity contribution >= 4 is 11.3 Å². The molecule has 120 valence electrons. The first-order valence-corrected chi connectivity index (χ1v) is 8.67. The molecule has 0 amide bonds. The minimum absolute atomic E-state index is 0.442. The van der Waals surface area contributed by atoms with E-state index < -0.39 is 6.10 Å². The van der Waals surface area contributed by atoms with Crippen LogP contribution in [0.5, 0.6) is 0 Å². The Balaban J connectivity index is 1.72. The Labute approximate surface area is 141 Å². The van der Waals surface area contributed by atoms with Crippen molar-refractivity contribution in [1.82, 2.24) is 9.47 Å². The number of nitrogens with zero attached hydrogens (tertiary/aromatic N) is 2. The Morgan fingerprint density at radius 2 is 1.83 bits per heavy atom. The number of rotatable bonds is 7. The summed E-state index contributed by atoms with van der Waals surface area (Å²) < 4.78 is 2.06. The van der Waals surface area contributed by atoms with Gasteiger partial charge in [0.25, 0.3) is 0 Å². The van der Waals surface area contributed by atoms with E-state index in [1.54, 1.807) is 11.3 Å². The minimum Gasteiger partial charge on any atom is -0.386 e. The summed E-state index contributed by atoms with van der Waals surface area (Å²) in [5.41, 5.74) is 2.53. The van der Waals surface area contributed by atoms with E-state index in [9.17, 15) is 5.11 Å². The van der Waals surface area contributed by atoms with Gasteiger partial charge in [-0.15, -0.1) is 11.3 Å². The number of aromatic nitrogens is 1. The quantitative estimate of drug-likeness (QED) is 0.715. The fourth-order valence-corrected chi connectivity index (χ4v) is 3.46. The van der Waals surface area contributed by atoms with Gasteiger partial charge in [0.05, 0.1) is 0 Å². The van der Waals surface area contributed by atoms with Crippen LogP contribution in [0.4, 0.5) is 0 Å². The fraction of sp³-hybridized carbons (Fsp3) is 0.263. The van der Waals surface area contributed by atoms with Crippen LogP contribution in [0.15, 0.2) is 66.3 Å². The third-order valence-electron chi connectivity index (χ3n) is 3.85. The third-order valence-corrected chi connectivity index (χ3v) is 4.82. The highest BCUT2D eigenvalue weighted by Crippen LogP contribution is 2.21. The summed E-state index contributed by atoms with van der Waals surface area (Å²) >= 11 is 1.61. The molecule has 0 saturated carbocycles. The SMILES string of the molecule is Cn1ccc(CN(Cc2ccccc2)CC(O)c2cccs2)c1. The van der Waals surface area contributed by atoms with Crippen molar-refractivity contribution in [2.75, 3.05) is 6.54 Å². The van der Waals surface area contributed by atoms with Crippen LogP contribution in [0, 0.1) is 0 Å². The van der Waals surface area contributed by atoms with Gasteiger partial charge in [0.15, 0.2) is 0 Å². The van der Waals surface area contributed by atoms with E-state index >= 15 is 0 Å². The second-order valence-electron chi connectivity index (χ2n) is 5.87. The topological polar surface area (TPSA) is 28.4 Å². The molecular formula is C19H22N2OS. The normalized spacial score (nSPS) is 12.7. The van der Waals surface area contributed by atoms with Gasteiger partial charge < -0.3 is 9.67 Å². The van der Waals surface area contributed by atoms with E-state index in [1.165, 1.54) is 11.1 Å². The molecule has 0 fully saturated rings. The Morgan fingerprint density at radius 1 is 1.04 bits per heavy atom. The lowest BCUT2D eigenvalue weighted by Gasteiger charge is -2.24. The lowest BCUT2D eigenvalue weighted by molar-refractivity contribution is 0.107. The highest BCUT2D eigenvalue weighted by Gasteiger charge is 2.15. The Bertz CT molecular complexity index is 706. The number of benzene rings is 1. The lowest BCUT2D eigenvalue weighted by Crippen LogP contribution is -2.27. The summed E-state index contributed by atoms with van der Waals surface area (Å²) in [5, 5.41) is 12.5. The molecule has 0 aliphatic heterocycles. The van der Waals surface area contributed by atoms with Gasteiger partial charge in [-0.2, -0.15) is 0 Å². The molecule has 3 rings (SSSR count). The van der Waals surface area contributed by atoms with E-state index in [-0.39, 0.29) is 0 Å². The zero-order valence-corrected chi connectivity index (χ0v) is 14.1. The van der Waals surface area contributed by atoms with Crippen molar-refractivity contribution in [2.24, 2.45) is 7.05 Å². The number of thiophene rings is 1. The number of hydrogen-bond acceptors (Lipinski definition) is 3. The molecule has 0 saturated heterocycles. The Kier molecular flexibility index (Phi) is 5.28. The second-order valence-corrected chi connectivity index (χ2v) is 6.85. The van der Waals surface area contributed by atoms with Crippen molar-refractivity contribution in [3.8, 4) is 0 Å². The molecule has 2 aromatic heterocycles. The van der Waals surface area contributed by atoms with E-state index in [0.29, 0.717) is 6.54 Å². The predicted molar refractivity (Wildman–Crippen MR) is 95.2 cm³/mol. The molecule has 1 aromatic carbocycles. The summed E-state index contributed by atoms with van der Waals surface area (Å²) in [4.78, 5) is 3.32. The van der Waals surface area contributed by atoms with Gasteiger partial charge in [0.1, 0.15) is 6.10 Å². The van der Waals surface area contributed by atoms with Gasteiger partial charge in [-0.1, -0.05) is 36.4 Å². The average Bonchev–Trinajstić information content (AvgIpc) is 3.20. The largest absolute Gasteiger partial charge is 0.386 e. The summed E-state index contributed by atoms with van der Waals surface area (Å²) in [6, 6.07) is 16.5. The van der Waals surface area contributed by atoms with Crippen molar-refractivity contribution in [2.45, 2.75) is 19.2 Å². The minimum atomic E-state index is -0.442. The zero-order chi connectivity index (χ0) is 16.1. The molecule has 3 nitrogen and oxygen atoms in total. The fourth-order valence-electron chi connectivity index (χ4n) is 2.75. The zero-order valence-electron chi connectivity index (χ0n) is 13.3. The molecule has 0 aliphatic carbocycles. The Morgan fingerprint density at radius 3 is 2.48 bits per heavy atom. The van der Waals surface area contributed by atoms with Crippen LogP contribution < -0.4 is 0 Å². The molecule has 23 heavy (non-hydrogen) atoms. The highest BCUT2D eigenvalue weighted by molar-refractivity contribution is 7.10. The van der Waals surface area contributed by atoms with E-state index in [2.05, 4.69) is 52.2 Å². The van der Waals surface area contributed by atoms with Crippen LogP contribution in [0.1, 0.15) is 22.1 Å². The monoisotopic (exact) mass is 326 g/mol. The van der Waals surface area contributed by atoms with Gasteiger partial charge in [0.2, 0.25) is 0 Å². The molecule has 1 unspecified atom stereocenters.